The van der Waals surface area contributed by atoms with Crippen LogP contribution in [-0.2, 0) is 11.3 Å². The molecule has 1 saturated heterocycles. The third-order valence-corrected chi connectivity index (χ3v) is 4.95. The molecule has 1 fully saturated rings. The number of benzene rings is 1. The summed E-state index contributed by atoms with van der Waals surface area (Å²) in [5.41, 5.74) is 3.31. The molecular weight excluding hydrogens is 354 g/mol. The second kappa shape index (κ2) is 7.34. The van der Waals surface area contributed by atoms with E-state index < -0.39 is 0 Å². The lowest BCUT2D eigenvalue weighted by Crippen LogP contribution is -2.32. The Hall–Kier alpha value is -3.35. The lowest BCUT2D eigenvalue weighted by Gasteiger charge is -2.19. The van der Waals surface area contributed by atoms with Crippen molar-refractivity contribution in [1.82, 2.24) is 19.7 Å². The van der Waals surface area contributed by atoms with Gasteiger partial charge in [-0.05, 0) is 31.9 Å². The lowest BCUT2D eigenvalue weighted by atomic mass is 10.1. The van der Waals surface area contributed by atoms with Crippen molar-refractivity contribution >= 4 is 11.9 Å². The second-order valence-electron chi connectivity index (χ2n) is 7.12. The number of nitrogens with zero attached hydrogens (tertiary/aromatic N) is 5. The Morgan fingerprint density at radius 2 is 1.75 bits per heavy atom. The predicted octanol–water partition coefficient (Wildman–Crippen LogP) is 2.57. The molecule has 1 aliphatic heterocycles. The Morgan fingerprint density at radius 3 is 2.39 bits per heavy atom. The number of hydrogen-bond donors (Lipinski definition) is 0. The first-order valence-electron chi connectivity index (χ1n) is 9.29. The van der Waals surface area contributed by atoms with Gasteiger partial charge in [0.05, 0.1) is 12.2 Å². The number of rotatable bonds is 4. The van der Waals surface area contributed by atoms with Crippen LogP contribution < -0.4 is 10.5 Å². The standard InChI is InChI=1S/C21H21N5O2/c1-14-3-6-16(7-4-14)13-25-19(27)10-8-18(24-25)17-11-22-21(23-12-17)26-15(2)5-9-20(26)28/h3-4,6-8,10-12,15H,5,9,13H2,1-2H3. The van der Waals surface area contributed by atoms with Crippen LogP contribution in [0.4, 0.5) is 5.95 Å². The quantitative estimate of drug-likeness (QED) is 0.700. The van der Waals surface area contributed by atoms with Gasteiger partial charge in [-0.25, -0.2) is 14.6 Å². The van der Waals surface area contributed by atoms with Crippen molar-refractivity contribution in [1.29, 1.82) is 0 Å². The Morgan fingerprint density at radius 1 is 1.04 bits per heavy atom. The molecule has 1 unspecified atom stereocenters. The number of anilines is 1. The third kappa shape index (κ3) is 3.55. The highest BCUT2D eigenvalue weighted by Gasteiger charge is 2.30. The van der Waals surface area contributed by atoms with Crippen molar-refractivity contribution in [2.75, 3.05) is 4.90 Å². The molecule has 3 aromatic rings. The van der Waals surface area contributed by atoms with E-state index in [1.807, 2.05) is 38.1 Å². The van der Waals surface area contributed by atoms with E-state index in [1.165, 1.54) is 16.3 Å². The molecule has 0 aliphatic carbocycles. The summed E-state index contributed by atoms with van der Waals surface area (Å²) in [6.07, 6.45) is 4.63. The van der Waals surface area contributed by atoms with Crippen LogP contribution in [0.2, 0.25) is 0 Å². The van der Waals surface area contributed by atoms with Gasteiger partial charge in [0.1, 0.15) is 0 Å². The van der Waals surface area contributed by atoms with Crippen molar-refractivity contribution in [3.63, 3.8) is 0 Å². The van der Waals surface area contributed by atoms with Crippen LogP contribution >= 0.6 is 0 Å². The maximum atomic E-state index is 12.2. The summed E-state index contributed by atoms with van der Waals surface area (Å²) in [5, 5.41) is 4.46. The zero-order chi connectivity index (χ0) is 19.7. The number of hydrogen-bond acceptors (Lipinski definition) is 5. The molecule has 7 heteroatoms. The van der Waals surface area contributed by atoms with Crippen molar-refractivity contribution < 1.29 is 4.79 Å². The Balaban J connectivity index is 1.60. The summed E-state index contributed by atoms with van der Waals surface area (Å²) in [7, 11) is 0. The summed E-state index contributed by atoms with van der Waals surface area (Å²) in [6.45, 7) is 4.41. The molecule has 1 aliphatic rings. The van der Waals surface area contributed by atoms with Gasteiger partial charge in [-0.1, -0.05) is 29.8 Å². The smallest absolute Gasteiger partial charge is 0.267 e. The number of aryl methyl sites for hydroxylation is 1. The normalized spacial score (nSPS) is 16.6. The van der Waals surface area contributed by atoms with Gasteiger partial charge in [0.2, 0.25) is 11.9 Å². The van der Waals surface area contributed by atoms with E-state index in [2.05, 4.69) is 15.1 Å². The topological polar surface area (TPSA) is 81.0 Å². The molecule has 7 nitrogen and oxygen atoms in total. The minimum absolute atomic E-state index is 0.0463. The summed E-state index contributed by atoms with van der Waals surface area (Å²) in [5.74, 6) is 0.455. The number of amides is 1. The molecule has 0 saturated carbocycles. The lowest BCUT2D eigenvalue weighted by molar-refractivity contribution is -0.117. The average Bonchev–Trinajstić information content (AvgIpc) is 3.04. The Kier molecular flexibility index (Phi) is 4.73. The molecule has 1 atom stereocenters. The first kappa shape index (κ1) is 18.0. The highest BCUT2D eigenvalue weighted by atomic mass is 16.2. The molecule has 1 aromatic carbocycles. The van der Waals surface area contributed by atoms with Gasteiger partial charge < -0.3 is 0 Å². The van der Waals surface area contributed by atoms with Gasteiger partial charge in [0.25, 0.3) is 5.56 Å². The van der Waals surface area contributed by atoms with E-state index in [4.69, 9.17) is 0 Å². The number of carbonyl (C=O) groups is 1. The van der Waals surface area contributed by atoms with Gasteiger partial charge in [0, 0.05) is 36.5 Å². The second-order valence-corrected chi connectivity index (χ2v) is 7.12. The Bertz CT molecular complexity index is 1060. The van der Waals surface area contributed by atoms with Crippen molar-refractivity contribution in [2.45, 2.75) is 39.3 Å². The van der Waals surface area contributed by atoms with Crippen molar-refractivity contribution in [3.8, 4) is 11.3 Å². The molecule has 2 aromatic heterocycles. The molecule has 28 heavy (non-hydrogen) atoms. The summed E-state index contributed by atoms with van der Waals surface area (Å²) in [6, 6.07) is 11.3. The fraction of sp³-hybridized carbons (Fsp3) is 0.286. The SMILES string of the molecule is Cc1ccc(Cn2nc(-c3cnc(N4C(=O)CCC4C)nc3)ccc2=O)cc1. The molecule has 1 amide bonds. The largest absolute Gasteiger partial charge is 0.278 e. The maximum Gasteiger partial charge on any atom is 0.267 e. The van der Waals surface area contributed by atoms with E-state index in [1.54, 1.807) is 23.4 Å². The van der Waals surface area contributed by atoms with Crippen LogP contribution in [-0.4, -0.2) is 31.7 Å². The molecule has 0 spiro atoms. The minimum atomic E-state index is -0.168. The van der Waals surface area contributed by atoms with Crippen LogP contribution in [0.3, 0.4) is 0 Å². The summed E-state index contributed by atoms with van der Waals surface area (Å²) in [4.78, 5) is 34.5. The first-order valence-corrected chi connectivity index (χ1v) is 9.29. The van der Waals surface area contributed by atoms with Crippen LogP contribution in [0, 0.1) is 6.92 Å². The fourth-order valence-corrected chi connectivity index (χ4v) is 3.30. The van der Waals surface area contributed by atoms with Crippen LogP contribution in [0.25, 0.3) is 11.3 Å². The molecule has 3 heterocycles. The molecule has 142 valence electrons. The minimum Gasteiger partial charge on any atom is -0.278 e. The van der Waals surface area contributed by atoms with Gasteiger partial charge in [0.15, 0.2) is 0 Å². The van der Waals surface area contributed by atoms with Gasteiger partial charge in [-0.2, -0.15) is 5.10 Å². The van der Waals surface area contributed by atoms with E-state index in [0.29, 0.717) is 30.2 Å². The average molecular weight is 375 g/mol. The fourth-order valence-electron chi connectivity index (χ4n) is 3.30. The number of carbonyl (C=O) groups excluding carboxylic acids is 1. The summed E-state index contributed by atoms with van der Waals surface area (Å²) < 4.78 is 1.43. The van der Waals surface area contributed by atoms with Crippen LogP contribution in [0.1, 0.15) is 30.9 Å². The molecular formula is C21H21N5O2. The molecule has 0 N–H and O–H groups in total. The maximum absolute atomic E-state index is 12.2. The Labute approximate surface area is 162 Å². The van der Waals surface area contributed by atoms with Crippen molar-refractivity contribution in [3.05, 3.63) is 70.3 Å². The highest BCUT2D eigenvalue weighted by Crippen LogP contribution is 2.24. The predicted molar refractivity (Wildman–Crippen MR) is 106 cm³/mol. The van der Waals surface area contributed by atoms with E-state index in [0.717, 1.165) is 12.0 Å². The van der Waals surface area contributed by atoms with E-state index in [-0.39, 0.29) is 17.5 Å². The zero-order valence-corrected chi connectivity index (χ0v) is 15.9. The van der Waals surface area contributed by atoms with Crippen LogP contribution in [0.15, 0.2) is 53.6 Å². The van der Waals surface area contributed by atoms with Crippen molar-refractivity contribution in [2.24, 2.45) is 0 Å². The van der Waals surface area contributed by atoms with Crippen LogP contribution in [0.5, 0.6) is 0 Å². The van der Waals surface area contributed by atoms with E-state index >= 15 is 0 Å². The molecule has 4 rings (SSSR count). The zero-order valence-electron chi connectivity index (χ0n) is 15.9. The first-order chi connectivity index (χ1) is 13.5. The monoisotopic (exact) mass is 375 g/mol. The van der Waals surface area contributed by atoms with Gasteiger partial charge >= 0.3 is 0 Å². The number of aromatic nitrogens is 4. The summed E-state index contributed by atoms with van der Waals surface area (Å²) >= 11 is 0. The van der Waals surface area contributed by atoms with E-state index in [9.17, 15) is 9.59 Å². The molecule has 0 radical (unpaired) electrons. The van der Waals surface area contributed by atoms with Gasteiger partial charge in [-0.15, -0.1) is 0 Å². The van der Waals surface area contributed by atoms with Gasteiger partial charge in [-0.3, -0.25) is 14.5 Å². The molecule has 0 bridgehead atoms. The highest BCUT2D eigenvalue weighted by molar-refractivity contribution is 5.94. The third-order valence-electron chi connectivity index (χ3n) is 4.95.